The Kier molecular flexibility index (Phi) is 7.09. The summed E-state index contributed by atoms with van der Waals surface area (Å²) in [7, 11) is 0. The molecule has 0 radical (unpaired) electrons. The second-order valence-corrected chi connectivity index (χ2v) is 10.2. The van der Waals surface area contributed by atoms with E-state index in [2.05, 4.69) is 20.5 Å². The van der Waals surface area contributed by atoms with Gasteiger partial charge in [-0.15, -0.1) is 0 Å². The SMILES string of the molecule is CC(C)c1ccc(-c2cc(C(F)(F)F)n3nc(C(=O)NCCCn4nc(C(F)(F)F)cc4C4CC4)cc3n2)cc1. The highest BCUT2D eigenvalue weighted by Crippen LogP contribution is 2.42. The van der Waals surface area contributed by atoms with Crippen LogP contribution in [-0.4, -0.2) is 36.8 Å². The Hall–Kier alpha value is -3.90. The molecule has 0 atom stereocenters. The summed E-state index contributed by atoms with van der Waals surface area (Å²) in [6.45, 7) is 4.22. The maximum Gasteiger partial charge on any atom is 0.435 e. The average Bonchev–Trinajstić information content (AvgIpc) is 3.48. The van der Waals surface area contributed by atoms with Gasteiger partial charge in [-0.1, -0.05) is 38.1 Å². The molecule has 0 spiro atoms. The first-order valence-electron chi connectivity index (χ1n) is 12.8. The van der Waals surface area contributed by atoms with Crippen molar-refractivity contribution < 1.29 is 31.1 Å². The molecule has 212 valence electrons. The van der Waals surface area contributed by atoms with Crippen LogP contribution in [0.25, 0.3) is 16.9 Å². The first-order valence-corrected chi connectivity index (χ1v) is 12.8. The molecular formula is C27H26F6N6O. The van der Waals surface area contributed by atoms with Gasteiger partial charge in [0, 0.05) is 36.3 Å². The van der Waals surface area contributed by atoms with Crippen LogP contribution >= 0.6 is 0 Å². The number of alkyl halides is 6. The normalized spacial score (nSPS) is 14.3. The Labute approximate surface area is 225 Å². The lowest BCUT2D eigenvalue weighted by Gasteiger charge is -2.12. The quantitative estimate of drug-likeness (QED) is 0.197. The van der Waals surface area contributed by atoms with Gasteiger partial charge >= 0.3 is 12.4 Å². The molecule has 3 heterocycles. The first kappa shape index (κ1) is 27.7. The second kappa shape index (κ2) is 10.3. The molecule has 5 rings (SSSR count). The Morgan fingerprint density at radius 1 is 1.00 bits per heavy atom. The summed E-state index contributed by atoms with van der Waals surface area (Å²) >= 11 is 0. The van der Waals surface area contributed by atoms with E-state index in [1.54, 1.807) is 12.1 Å². The van der Waals surface area contributed by atoms with Gasteiger partial charge in [-0.25, -0.2) is 9.50 Å². The van der Waals surface area contributed by atoms with E-state index in [9.17, 15) is 31.1 Å². The molecule has 1 saturated carbocycles. The number of aryl methyl sites for hydroxylation is 1. The van der Waals surface area contributed by atoms with E-state index in [-0.39, 0.29) is 48.4 Å². The van der Waals surface area contributed by atoms with Crippen LogP contribution in [0.4, 0.5) is 26.3 Å². The number of rotatable bonds is 8. The summed E-state index contributed by atoms with van der Waals surface area (Å²) in [6, 6.07) is 10.2. The minimum absolute atomic E-state index is 0.0459. The Bertz CT molecular complexity index is 1530. The van der Waals surface area contributed by atoms with Crippen LogP contribution in [0.15, 0.2) is 42.5 Å². The number of halogens is 6. The predicted octanol–water partition coefficient (Wildman–Crippen LogP) is 6.45. The lowest BCUT2D eigenvalue weighted by Crippen LogP contribution is -2.26. The molecular weight excluding hydrogens is 538 g/mol. The summed E-state index contributed by atoms with van der Waals surface area (Å²) in [5, 5.41) is 10.1. The third-order valence-electron chi connectivity index (χ3n) is 6.75. The van der Waals surface area contributed by atoms with Gasteiger partial charge in [-0.2, -0.15) is 36.5 Å². The lowest BCUT2D eigenvalue weighted by atomic mass is 10.0. The van der Waals surface area contributed by atoms with Gasteiger partial charge in [0.05, 0.1) is 5.69 Å². The summed E-state index contributed by atoms with van der Waals surface area (Å²) in [5.74, 6) is -0.423. The fourth-order valence-electron chi connectivity index (χ4n) is 4.45. The number of benzene rings is 1. The van der Waals surface area contributed by atoms with E-state index >= 15 is 0 Å². The van der Waals surface area contributed by atoms with Gasteiger partial charge in [-0.05, 0) is 42.9 Å². The van der Waals surface area contributed by atoms with E-state index in [0.29, 0.717) is 15.8 Å². The molecule has 40 heavy (non-hydrogen) atoms. The lowest BCUT2D eigenvalue weighted by molar-refractivity contribution is -0.143. The molecule has 1 aliphatic rings. The van der Waals surface area contributed by atoms with Crippen LogP contribution in [0, 0.1) is 0 Å². The molecule has 3 aromatic heterocycles. The van der Waals surface area contributed by atoms with E-state index in [1.807, 2.05) is 26.0 Å². The van der Waals surface area contributed by atoms with Crippen molar-refractivity contribution in [3.05, 3.63) is 70.8 Å². The van der Waals surface area contributed by atoms with Crippen LogP contribution in [0.2, 0.25) is 0 Å². The third-order valence-corrected chi connectivity index (χ3v) is 6.75. The minimum Gasteiger partial charge on any atom is -0.351 e. The number of amides is 1. The molecule has 1 aliphatic carbocycles. The topological polar surface area (TPSA) is 77.1 Å². The van der Waals surface area contributed by atoms with Crippen molar-refractivity contribution in [2.75, 3.05) is 6.54 Å². The highest BCUT2D eigenvalue weighted by molar-refractivity contribution is 5.93. The van der Waals surface area contributed by atoms with Crippen LogP contribution in [-0.2, 0) is 18.9 Å². The summed E-state index contributed by atoms with van der Waals surface area (Å²) in [4.78, 5) is 17.0. The van der Waals surface area contributed by atoms with Crippen molar-refractivity contribution in [1.29, 1.82) is 0 Å². The van der Waals surface area contributed by atoms with Gasteiger partial charge in [0.25, 0.3) is 5.91 Å². The van der Waals surface area contributed by atoms with Crippen molar-refractivity contribution in [3.8, 4) is 11.3 Å². The number of aromatic nitrogens is 5. The predicted molar refractivity (Wildman–Crippen MR) is 134 cm³/mol. The van der Waals surface area contributed by atoms with Crippen molar-refractivity contribution >= 4 is 11.6 Å². The second-order valence-electron chi connectivity index (χ2n) is 10.2. The van der Waals surface area contributed by atoms with Crippen LogP contribution in [0.1, 0.15) is 78.1 Å². The van der Waals surface area contributed by atoms with Crippen LogP contribution in [0.5, 0.6) is 0 Å². The average molecular weight is 565 g/mol. The fourth-order valence-corrected chi connectivity index (χ4v) is 4.45. The van der Waals surface area contributed by atoms with Crippen molar-refractivity contribution in [1.82, 2.24) is 29.7 Å². The Balaban J connectivity index is 1.31. The van der Waals surface area contributed by atoms with E-state index in [1.165, 1.54) is 10.7 Å². The molecule has 7 nitrogen and oxygen atoms in total. The van der Waals surface area contributed by atoms with Gasteiger partial charge < -0.3 is 5.32 Å². The number of carbonyl (C=O) groups is 1. The molecule has 1 amide bonds. The fraction of sp³-hybridized carbons (Fsp3) is 0.407. The minimum atomic E-state index is -4.76. The molecule has 1 fully saturated rings. The van der Waals surface area contributed by atoms with E-state index in [0.717, 1.165) is 30.5 Å². The molecule has 1 aromatic carbocycles. The maximum absolute atomic E-state index is 13.9. The third kappa shape index (κ3) is 5.82. The van der Waals surface area contributed by atoms with E-state index < -0.39 is 29.6 Å². The Morgan fingerprint density at radius 2 is 1.70 bits per heavy atom. The van der Waals surface area contributed by atoms with Crippen molar-refractivity contribution in [2.24, 2.45) is 0 Å². The molecule has 4 aromatic rings. The molecule has 13 heteroatoms. The molecule has 1 N–H and O–H groups in total. The number of nitrogens with one attached hydrogen (secondary N) is 1. The summed E-state index contributed by atoms with van der Waals surface area (Å²) < 4.78 is 82.9. The van der Waals surface area contributed by atoms with Crippen LogP contribution in [0.3, 0.4) is 0 Å². The highest BCUT2D eigenvalue weighted by Gasteiger charge is 2.38. The number of fused-ring (bicyclic) bond motifs is 1. The maximum atomic E-state index is 13.9. The molecule has 0 saturated heterocycles. The monoisotopic (exact) mass is 564 g/mol. The standard InChI is InChI=1S/C27H26F6N6O/c1-15(2)16-4-6-17(7-5-16)19-12-23(27(31,32)33)39-24(35-19)13-20(36-39)25(40)34-10-3-11-38-21(18-8-9-18)14-22(37-38)26(28,29)30/h4-7,12-15,18H,3,8-11H2,1-2H3,(H,34,40). The van der Waals surface area contributed by atoms with E-state index in [4.69, 9.17) is 0 Å². The van der Waals surface area contributed by atoms with Gasteiger partial charge in [-0.3, -0.25) is 9.48 Å². The number of carbonyl (C=O) groups excluding carboxylic acids is 1. The van der Waals surface area contributed by atoms with Crippen LogP contribution < -0.4 is 5.32 Å². The molecule has 0 bridgehead atoms. The number of hydrogen-bond donors (Lipinski definition) is 1. The summed E-state index contributed by atoms with van der Waals surface area (Å²) in [5.41, 5.74) is -0.317. The zero-order valence-corrected chi connectivity index (χ0v) is 21.6. The molecule has 0 aliphatic heterocycles. The van der Waals surface area contributed by atoms with Crippen molar-refractivity contribution in [3.63, 3.8) is 0 Å². The highest BCUT2D eigenvalue weighted by atomic mass is 19.4. The Morgan fingerprint density at radius 3 is 2.30 bits per heavy atom. The molecule has 0 unspecified atom stereocenters. The first-order chi connectivity index (χ1) is 18.8. The number of hydrogen-bond acceptors (Lipinski definition) is 4. The smallest absolute Gasteiger partial charge is 0.351 e. The largest absolute Gasteiger partial charge is 0.435 e. The zero-order chi connectivity index (χ0) is 28.8. The van der Waals surface area contributed by atoms with Gasteiger partial charge in [0.1, 0.15) is 0 Å². The van der Waals surface area contributed by atoms with Crippen molar-refractivity contribution in [2.45, 2.75) is 63.8 Å². The number of nitrogens with zero attached hydrogens (tertiary/aromatic N) is 5. The summed E-state index contributed by atoms with van der Waals surface area (Å²) in [6.07, 6.45) is -7.45. The van der Waals surface area contributed by atoms with Gasteiger partial charge in [0.15, 0.2) is 22.7 Å². The zero-order valence-electron chi connectivity index (χ0n) is 21.6. The van der Waals surface area contributed by atoms with Gasteiger partial charge in [0.2, 0.25) is 0 Å².